The van der Waals surface area contributed by atoms with Gasteiger partial charge >= 0.3 is 12.1 Å². The Bertz CT molecular complexity index is 413. The Morgan fingerprint density at radius 1 is 1.41 bits per heavy atom. The molecule has 0 aromatic heterocycles. The number of benzene rings is 1. The molecule has 0 bridgehead atoms. The number of halogens is 3. The number of alkyl halides is 3. The van der Waals surface area contributed by atoms with Gasteiger partial charge in [-0.25, -0.2) is 4.79 Å². The molecule has 0 fully saturated rings. The SMILES string of the molecule is CCOCc1ccc(C(=O)O)cc1C(F)(F)F. The number of hydrogen-bond acceptors (Lipinski definition) is 2. The van der Waals surface area contributed by atoms with Crippen molar-refractivity contribution in [2.75, 3.05) is 6.61 Å². The molecule has 0 unspecified atom stereocenters. The van der Waals surface area contributed by atoms with Crippen LogP contribution in [0.25, 0.3) is 0 Å². The quantitative estimate of drug-likeness (QED) is 0.891. The normalized spacial score (nSPS) is 11.5. The highest BCUT2D eigenvalue weighted by Crippen LogP contribution is 2.33. The Hall–Kier alpha value is -1.56. The summed E-state index contributed by atoms with van der Waals surface area (Å²) in [7, 11) is 0. The fourth-order valence-electron chi connectivity index (χ4n) is 1.31. The lowest BCUT2D eigenvalue weighted by molar-refractivity contribution is -0.138. The molecule has 1 aromatic carbocycles. The number of ether oxygens (including phenoxy) is 1. The molecule has 0 spiro atoms. The Kier molecular flexibility index (Phi) is 4.11. The van der Waals surface area contributed by atoms with Gasteiger partial charge in [-0.15, -0.1) is 0 Å². The van der Waals surface area contributed by atoms with Crippen LogP contribution in [-0.4, -0.2) is 17.7 Å². The molecule has 17 heavy (non-hydrogen) atoms. The van der Waals surface area contributed by atoms with Crippen molar-refractivity contribution >= 4 is 5.97 Å². The summed E-state index contributed by atoms with van der Waals surface area (Å²) in [6.07, 6.45) is -4.59. The first-order valence-electron chi connectivity index (χ1n) is 4.87. The van der Waals surface area contributed by atoms with Gasteiger partial charge in [0, 0.05) is 6.61 Å². The summed E-state index contributed by atoms with van der Waals surface area (Å²) in [5.74, 6) is -1.39. The molecule has 94 valence electrons. The monoisotopic (exact) mass is 248 g/mol. The van der Waals surface area contributed by atoms with E-state index in [1.165, 1.54) is 0 Å². The van der Waals surface area contributed by atoms with Gasteiger partial charge in [-0.1, -0.05) is 6.07 Å². The van der Waals surface area contributed by atoms with E-state index in [2.05, 4.69) is 0 Å². The van der Waals surface area contributed by atoms with Crippen LogP contribution in [0, 0.1) is 0 Å². The zero-order valence-electron chi connectivity index (χ0n) is 9.04. The third-order valence-corrected chi connectivity index (χ3v) is 2.12. The second-order valence-electron chi connectivity index (χ2n) is 3.31. The molecule has 0 atom stereocenters. The molecule has 0 aliphatic heterocycles. The summed E-state index contributed by atoms with van der Waals surface area (Å²) in [6, 6.07) is 2.88. The molecule has 1 rings (SSSR count). The summed E-state index contributed by atoms with van der Waals surface area (Å²) in [6.45, 7) is 1.77. The van der Waals surface area contributed by atoms with Crippen molar-refractivity contribution in [3.05, 3.63) is 34.9 Å². The van der Waals surface area contributed by atoms with Gasteiger partial charge in [-0.05, 0) is 24.6 Å². The molecule has 0 amide bonds. The van der Waals surface area contributed by atoms with Crippen molar-refractivity contribution in [1.29, 1.82) is 0 Å². The highest BCUT2D eigenvalue weighted by Gasteiger charge is 2.34. The maximum absolute atomic E-state index is 12.7. The van der Waals surface area contributed by atoms with Crippen LogP contribution in [0.3, 0.4) is 0 Å². The molecular weight excluding hydrogens is 237 g/mol. The van der Waals surface area contributed by atoms with Crippen LogP contribution in [0.4, 0.5) is 13.2 Å². The lowest BCUT2D eigenvalue weighted by Gasteiger charge is -2.13. The number of carboxylic acid groups (broad SMARTS) is 1. The largest absolute Gasteiger partial charge is 0.478 e. The standard InChI is InChI=1S/C11H11F3O3/c1-2-17-6-8-4-3-7(10(15)16)5-9(8)11(12,13)14/h3-5H,2,6H2,1H3,(H,15,16). The zero-order valence-corrected chi connectivity index (χ0v) is 9.04. The van der Waals surface area contributed by atoms with E-state index in [1.807, 2.05) is 0 Å². The molecule has 0 heterocycles. The second kappa shape index (κ2) is 5.18. The molecule has 0 aliphatic rings. The van der Waals surface area contributed by atoms with Gasteiger partial charge < -0.3 is 9.84 Å². The number of carboxylic acids is 1. The summed E-state index contributed by atoms with van der Waals surface area (Å²) in [5, 5.41) is 8.64. The van der Waals surface area contributed by atoms with E-state index < -0.39 is 23.3 Å². The zero-order chi connectivity index (χ0) is 13.1. The van der Waals surface area contributed by atoms with E-state index in [-0.39, 0.29) is 18.8 Å². The highest BCUT2D eigenvalue weighted by molar-refractivity contribution is 5.87. The van der Waals surface area contributed by atoms with E-state index >= 15 is 0 Å². The van der Waals surface area contributed by atoms with E-state index in [9.17, 15) is 18.0 Å². The van der Waals surface area contributed by atoms with Crippen LogP contribution >= 0.6 is 0 Å². The molecule has 0 aliphatic carbocycles. The molecule has 1 aromatic rings. The lowest BCUT2D eigenvalue weighted by Crippen LogP contribution is -2.12. The Labute approximate surface area is 95.8 Å². The second-order valence-corrected chi connectivity index (χ2v) is 3.31. The first-order chi connectivity index (χ1) is 7.86. The summed E-state index contributed by atoms with van der Waals surface area (Å²) < 4.78 is 42.9. The van der Waals surface area contributed by atoms with Crippen molar-refractivity contribution in [2.24, 2.45) is 0 Å². The maximum atomic E-state index is 12.7. The van der Waals surface area contributed by atoms with Crippen LogP contribution < -0.4 is 0 Å². The Balaban J connectivity index is 3.17. The van der Waals surface area contributed by atoms with Gasteiger partial charge in [0.1, 0.15) is 0 Å². The predicted octanol–water partition coefficient (Wildman–Crippen LogP) is 2.94. The van der Waals surface area contributed by atoms with E-state index in [4.69, 9.17) is 9.84 Å². The van der Waals surface area contributed by atoms with Crippen LogP contribution in [-0.2, 0) is 17.5 Å². The smallest absolute Gasteiger partial charge is 0.416 e. The third kappa shape index (κ3) is 3.45. The summed E-state index contributed by atoms with van der Waals surface area (Å²) in [4.78, 5) is 10.6. The molecule has 6 heteroatoms. The minimum atomic E-state index is -4.59. The predicted molar refractivity (Wildman–Crippen MR) is 53.7 cm³/mol. The van der Waals surface area contributed by atoms with Crippen LogP contribution in [0.2, 0.25) is 0 Å². The van der Waals surface area contributed by atoms with Crippen LogP contribution in [0.1, 0.15) is 28.4 Å². The highest BCUT2D eigenvalue weighted by atomic mass is 19.4. The maximum Gasteiger partial charge on any atom is 0.416 e. The Morgan fingerprint density at radius 2 is 2.06 bits per heavy atom. The topological polar surface area (TPSA) is 46.5 Å². The number of hydrogen-bond donors (Lipinski definition) is 1. The van der Waals surface area contributed by atoms with Gasteiger partial charge in [0.2, 0.25) is 0 Å². The summed E-state index contributed by atoms with van der Waals surface area (Å²) >= 11 is 0. The number of aromatic carboxylic acids is 1. The Morgan fingerprint density at radius 3 is 2.53 bits per heavy atom. The van der Waals surface area contributed by atoms with E-state index in [0.717, 1.165) is 12.1 Å². The summed E-state index contributed by atoms with van der Waals surface area (Å²) in [5.41, 5.74) is -1.42. The molecular formula is C11H11F3O3. The fourth-order valence-corrected chi connectivity index (χ4v) is 1.31. The van der Waals surface area contributed by atoms with Crippen molar-refractivity contribution in [1.82, 2.24) is 0 Å². The first-order valence-corrected chi connectivity index (χ1v) is 4.87. The van der Waals surface area contributed by atoms with Crippen LogP contribution in [0.5, 0.6) is 0 Å². The molecule has 0 radical (unpaired) electrons. The minimum Gasteiger partial charge on any atom is -0.478 e. The van der Waals surface area contributed by atoms with Crippen LogP contribution in [0.15, 0.2) is 18.2 Å². The lowest BCUT2D eigenvalue weighted by atomic mass is 10.0. The first kappa shape index (κ1) is 13.5. The molecule has 3 nitrogen and oxygen atoms in total. The van der Waals surface area contributed by atoms with Crippen molar-refractivity contribution in [2.45, 2.75) is 19.7 Å². The number of carbonyl (C=O) groups is 1. The molecule has 0 saturated heterocycles. The van der Waals surface area contributed by atoms with Gasteiger partial charge in [0.05, 0.1) is 17.7 Å². The fraction of sp³-hybridized carbons (Fsp3) is 0.364. The van der Waals surface area contributed by atoms with Gasteiger partial charge in [0.15, 0.2) is 0 Å². The average molecular weight is 248 g/mol. The average Bonchev–Trinajstić information content (AvgIpc) is 2.24. The van der Waals surface area contributed by atoms with Gasteiger partial charge in [-0.2, -0.15) is 13.2 Å². The van der Waals surface area contributed by atoms with E-state index in [1.54, 1.807) is 6.92 Å². The van der Waals surface area contributed by atoms with Gasteiger partial charge in [0.25, 0.3) is 0 Å². The third-order valence-electron chi connectivity index (χ3n) is 2.12. The van der Waals surface area contributed by atoms with Crippen molar-refractivity contribution in [3.63, 3.8) is 0 Å². The van der Waals surface area contributed by atoms with E-state index in [0.29, 0.717) is 6.07 Å². The number of rotatable bonds is 4. The van der Waals surface area contributed by atoms with Crippen molar-refractivity contribution < 1.29 is 27.8 Å². The van der Waals surface area contributed by atoms with Gasteiger partial charge in [-0.3, -0.25) is 0 Å². The minimum absolute atomic E-state index is 0.0654. The molecule has 1 N–H and O–H groups in total. The molecule has 0 saturated carbocycles. The van der Waals surface area contributed by atoms with Crippen molar-refractivity contribution in [3.8, 4) is 0 Å².